The van der Waals surface area contributed by atoms with Crippen LogP contribution < -0.4 is 5.73 Å². The van der Waals surface area contributed by atoms with Crippen LogP contribution >= 0.6 is 0 Å². The van der Waals surface area contributed by atoms with Crippen LogP contribution in [-0.2, 0) is 19.1 Å². The molecule has 1 amide bonds. The van der Waals surface area contributed by atoms with Crippen LogP contribution in [0.25, 0.3) is 6.08 Å². The van der Waals surface area contributed by atoms with Crippen LogP contribution in [0.1, 0.15) is 47.2 Å². The van der Waals surface area contributed by atoms with Gasteiger partial charge in [0, 0.05) is 17.7 Å². The summed E-state index contributed by atoms with van der Waals surface area (Å²) in [7, 11) is 4.20. The highest BCUT2D eigenvalue weighted by Crippen LogP contribution is 2.35. The van der Waals surface area contributed by atoms with Crippen molar-refractivity contribution in [3.05, 3.63) is 58.1 Å². The molecular weight excluding hydrogens is 500 g/mol. The minimum absolute atomic E-state index is 0.0207. The van der Waals surface area contributed by atoms with E-state index in [0.29, 0.717) is 6.08 Å². The zero-order chi connectivity index (χ0) is 28.9. The third-order valence-corrected chi connectivity index (χ3v) is 6.24. The van der Waals surface area contributed by atoms with E-state index in [-0.39, 0.29) is 29.5 Å². The smallest absolute Gasteiger partial charge is 0.330 e. The molecule has 0 unspecified atom stereocenters. The maximum Gasteiger partial charge on any atom is 0.330 e. The van der Waals surface area contributed by atoms with Gasteiger partial charge < -0.3 is 36.0 Å². The molecular formula is C26H32N2O10. The second kappa shape index (κ2) is 12.5. The molecule has 4 atom stereocenters. The Morgan fingerprint density at radius 2 is 1.74 bits per heavy atom. The first kappa shape index (κ1) is 30.2. The van der Waals surface area contributed by atoms with Crippen molar-refractivity contribution in [3.8, 4) is 5.75 Å². The van der Waals surface area contributed by atoms with Crippen molar-refractivity contribution in [2.45, 2.75) is 43.9 Å². The Hall–Kier alpha value is -4.00. The van der Waals surface area contributed by atoms with Crippen LogP contribution in [0.15, 0.2) is 41.4 Å². The van der Waals surface area contributed by atoms with E-state index in [4.69, 9.17) is 5.73 Å². The second-order valence-corrected chi connectivity index (χ2v) is 9.15. The number of hydrogen-bond donors (Lipinski definition) is 6. The Labute approximate surface area is 218 Å². The van der Waals surface area contributed by atoms with Crippen molar-refractivity contribution in [2.24, 2.45) is 5.73 Å². The van der Waals surface area contributed by atoms with Crippen molar-refractivity contribution < 1.29 is 49.4 Å². The number of hydrogen-bond acceptors (Lipinski definition) is 11. The Bertz CT molecular complexity index is 1210. The van der Waals surface area contributed by atoms with E-state index >= 15 is 0 Å². The van der Waals surface area contributed by atoms with E-state index in [2.05, 4.69) is 4.74 Å². The second-order valence-electron chi connectivity index (χ2n) is 9.15. The minimum Gasteiger partial charge on any atom is -0.510 e. The van der Waals surface area contributed by atoms with Crippen LogP contribution in [0.5, 0.6) is 5.75 Å². The van der Waals surface area contributed by atoms with Gasteiger partial charge in [-0.25, -0.2) is 4.79 Å². The average molecular weight is 533 g/mol. The molecule has 38 heavy (non-hydrogen) atoms. The van der Waals surface area contributed by atoms with Crippen molar-refractivity contribution in [2.75, 3.05) is 21.2 Å². The fourth-order valence-electron chi connectivity index (χ4n) is 4.21. The molecule has 12 nitrogen and oxygen atoms in total. The number of rotatable bonds is 4. The first-order chi connectivity index (χ1) is 17.7. The Balaban J connectivity index is 2.79. The number of nitrogens with zero attached hydrogens (tertiary/aromatic N) is 1. The van der Waals surface area contributed by atoms with Gasteiger partial charge in [-0.1, -0.05) is 19.1 Å². The molecule has 2 rings (SSSR count). The van der Waals surface area contributed by atoms with Gasteiger partial charge in [0.1, 0.15) is 22.8 Å². The molecule has 0 saturated carbocycles. The van der Waals surface area contributed by atoms with Gasteiger partial charge in [-0.15, -0.1) is 0 Å². The minimum atomic E-state index is -2.45. The molecule has 0 aromatic heterocycles. The quantitative estimate of drug-likeness (QED) is 0.180. The number of carbonyl (C=O) groups is 4. The molecule has 0 heterocycles. The lowest BCUT2D eigenvalue weighted by Crippen LogP contribution is -2.39. The van der Waals surface area contributed by atoms with Crippen LogP contribution in [0, 0.1) is 0 Å². The molecule has 0 radical (unpaired) electrons. The van der Waals surface area contributed by atoms with Crippen LogP contribution in [-0.4, -0.2) is 93.3 Å². The van der Waals surface area contributed by atoms with Crippen molar-refractivity contribution in [1.82, 2.24) is 4.90 Å². The summed E-state index contributed by atoms with van der Waals surface area (Å²) in [6.45, 7) is 1.67. The third-order valence-electron chi connectivity index (χ3n) is 6.24. The standard InChI is InChI=1S/C26H32N2O10/c1-12-9-14(29)10-16(28(2)3)23(34)21(26(27)37)25(36)24(35)18(31)11-17(30)20-15(12)7-5-13(22(20)33)6-8-19(32)38-4/h5-8,11-12,14,16,24,29,31,33-35H,9-10H2,1-4H3,(H2,27,37)/b8-6+,18-11-,23-21-/t12-,14+,16+,24+/m1/s1. The summed E-state index contributed by atoms with van der Waals surface area (Å²) < 4.78 is 4.52. The van der Waals surface area contributed by atoms with Crippen molar-refractivity contribution in [1.29, 1.82) is 0 Å². The average Bonchev–Trinajstić information content (AvgIpc) is 2.84. The van der Waals surface area contributed by atoms with E-state index in [9.17, 15) is 44.7 Å². The summed E-state index contributed by atoms with van der Waals surface area (Å²) in [5.41, 5.74) is 4.30. The van der Waals surface area contributed by atoms with E-state index in [1.807, 2.05) is 0 Å². The fourth-order valence-corrected chi connectivity index (χ4v) is 4.21. The number of ether oxygens (including phenoxy) is 1. The molecule has 0 spiro atoms. The van der Waals surface area contributed by atoms with Crippen LogP contribution in [0.2, 0.25) is 0 Å². The topological polar surface area (TPSA) is 208 Å². The number of primary amides is 1. The Kier molecular flexibility index (Phi) is 9.94. The van der Waals surface area contributed by atoms with E-state index < -0.39 is 70.5 Å². The SMILES string of the molecule is COC(=O)/C=C/c1ccc2c(c1O)C(=O)/C=C(\O)[C@H](O)C(=O)/C(C(N)=O)=C(/O)[C@@H](N(C)C)C[C@@H](O)C[C@H]2C. The van der Waals surface area contributed by atoms with Crippen molar-refractivity contribution in [3.63, 3.8) is 0 Å². The number of phenols is 1. The molecule has 1 aliphatic rings. The number of nitrogens with two attached hydrogens (primary N) is 1. The molecule has 7 N–H and O–H groups in total. The number of ketones is 2. The number of amides is 1. The lowest BCUT2D eigenvalue weighted by atomic mass is 9.85. The number of benzene rings is 1. The lowest BCUT2D eigenvalue weighted by Gasteiger charge is -2.29. The number of carbonyl (C=O) groups excluding carboxylic acids is 4. The number of allylic oxidation sites excluding steroid dienone is 1. The molecule has 0 saturated heterocycles. The van der Waals surface area contributed by atoms with E-state index in [0.717, 1.165) is 13.2 Å². The first-order valence-corrected chi connectivity index (χ1v) is 11.6. The molecule has 1 aliphatic carbocycles. The van der Waals surface area contributed by atoms with Gasteiger partial charge in [0.15, 0.2) is 11.9 Å². The highest BCUT2D eigenvalue weighted by molar-refractivity contribution is 6.21. The number of esters is 1. The van der Waals surface area contributed by atoms with Gasteiger partial charge in [-0.05, 0) is 44.5 Å². The number of Topliss-reactive ketones (excluding diaryl/α,β-unsaturated/α-hetero) is 1. The number of aliphatic hydroxyl groups is 4. The molecule has 0 aliphatic heterocycles. The monoisotopic (exact) mass is 532 g/mol. The summed E-state index contributed by atoms with van der Waals surface area (Å²) in [4.78, 5) is 51.0. The summed E-state index contributed by atoms with van der Waals surface area (Å²) in [5, 5.41) is 53.3. The zero-order valence-corrected chi connectivity index (χ0v) is 21.4. The number of likely N-dealkylation sites (N-methyl/N-ethyl adjacent to an activating group) is 1. The highest BCUT2D eigenvalue weighted by Gasteiger charge is 2.35. The van der Waals surface area contributed by atoms with Gasteiger partial charge in [-0.3, -0.25) is 19.3 Å². The molecule has 0 bridgehead atoms. The van der Waals surface area contributed by atoms with Gasteiger partial charge in [-0.2, -0.15) is 0 Å². The Morgan fingerprint density at radius 1 is 1.11 bits per heavy atom. The maximum absolute atomic E-state index is 13.2. The summed E-state index contributed by atoms with van der Waals surface area (Å²) in [6.07, 6.45) is -1.04. The summed E-state index contributed by atoms with van der Waals surface area (Å²) in [5.74, 6) is -7.71. The van der Waals surface area contributed by atoms with Crippen molar-refractivity contribution >= 4 is 29.5 Å². The van der Waals surface area contributed by atoms with Crippen LogP contribution in [0.3, 0.4) is 0 Å². The molecule has 12 heteroatoms. The zero-order valence-electron chi connectivity index (χ0n) is 21.4. The molecule has 1 aromatic rings. The normalized spacial score (nSPS) is 27.0. The number of aromatic hydroxyl groups is 1. The molecule has 0 fully saturated rings. The highest BCUT2D eigenvalue weighted by atomic mass is 16.5. The van der Waals surface area contributed by atoms with Gasteiger partial charge >= 0.3 is 5.97 Å². The fraction of sp³-hybridized carbons (Fsp3) is 0.385. The predicted molar refractivity (Wildman–Crippen MR) is 135 cm³/mol. The number of aliphatic hydroxyl groups excluding tert-OH is 4. The Morgan fingerprint density at radius 3 is 2.29 bits per heavy atom. The van der Waals surface area contributed by atoms with Gasteiger partial charge in [0.05, 0.1) is 24.8 Å². The first-order valence-electron chi connectivity index (χ1n) is 11.6. The number of methoxy groups -OCH3 is 1. The largest absolute Gasteiger partial charge is 0.510 e. The van der Waals surface area contributed by atoms with E-state index in [1.165, 1.54) is 37.2 Å². The van der Waals surface area contributed by atoms with E-state index in [1.54, 1.807) is 6.92 Å². The third kappa shape index (κ3) is 6.65. The van der Waals surface area contributed by atoms with Gasteiger partial charge in [0.2, 0.25) is 5.78 Å². The lowest BCUT2D eigenvalue weighted by molar-refractivity contribution is -0.134. The predicted octanol–water partition coefficient (Wildman–Crippen LogP) is 0.619. The summed E-state index contributed by atoms with van der Waals surface area (Å²) >= 11 is 0. The molecule has 206 valence electrons. The maximum atomic E-state index is 13.2. The van der Waals surface area contributed by atoms with Gasteiger partial charge in [0.25, 0.3) is 5.91 Å². The molecule has 1 aromatic carbocycles. The van der Waals surface area contributed by atoms with Crippen LogP contribution in [0.4, 0.5) is 0 Å². The summed E-state index contributed by atoms with van der Waals surface area (Å²) in [6, 6.07) is 1.85. The number of fused-ring (bicyclic) bond motifs is 1. The number of phenolic OH excluding ortho intramolecular Hbond substituents is 1.